The summed E-state index contributed by atoms with van der Waals surface area (Å²) in [6, 6.07) is 8.81. The Morgan fingerprint density at radius 2 is 2.17 bits per heavy atom. The fourth-order valence-corrected chi connectivity index (χ4v) is 3.40. The van der Waals surface area contributed by atoms with E-state index in [4.69, 9.17) is 0 Å². The number of rotatable bonds is 7. The predicted octanol–water partition coefficient (Wildman–Crippen LogP) is 1.95. The maximum atomic E-state index is 12.3. The molecule has 3 rings (SSSR count). The normalized spacial score (nSPS) is 20.3. The van der Waals surface area contributed by atoms with Gasteiger partial charge in [0.1, 0.15) is 0 Å². The molecule has 1 N–H and O–H groups in total. The summed E-state index contributed by atoms with van der Waals surface area (Å²) in [4.78, 5) is 28.4. The minimum Gasteiger partial charge on any atom is -0.370 e. The van der Waals surface area contributed by atoms with Crippen molar-refractivity contribution in [1.82, 2.24) is 10.2 Å². The Morgan fingerprint density at radius 1 is 1.38 bits per heavy atom. The highest BCUT2D eigenvalue weighted by Gasteiger charge is 2.41. The number of carbonyl (C=O) groups is 2. The molecule has 1 saturated heterocycles. The number of carbonyl (C=O) groups excluding carboxylic acids is 2. The van der Waals surface area contributed by atoms with Gasteiger partial charge in [0.05, 0.1) is 5.92 Å². The van der Waals surface area contributed by atoms with E-state index in [9.17, 15) is 9.59 Å². The molecule has 0 aromatic heterocycles. The number of nitrogens with one attached hydrogen (secondary N) is 1. The van der Waals surface area contributed by atoms with Gasteiger partial charge in [0, 0.05) is 44.3 Å². The number of likely N-dealkylation sites (N-methyl/N-ethyl adjacent to an activating group) is 1. The Morgan fingerprint density at radius 3 is 2.83 bits per heavy atom. The van der Waals surface area contributed by atoms with Crippen molar-refractivity contribution in [2.75, 3.05) is 31.1 Å². The number of nitrogens with zero attached hydrogens (tertiary/aromatic N) is 2. The zero-order valence-electron chi connectivity index (χ0n) is 14.6. The van der Waals surface area contributed by atoms with Crippen LogP contribution in [0.15, 0.2) is 24.3 Å². The first-order valence-corrected chi connectivity index (χ1v) is 8.97. The quantitative estimate of drug-likeness (QED) is 0.832. The Bertz CT molecular complexity index is 612. The van der Waals surface area contributed by atoms with Crippen molar-refractivity contribution < 1.29 is 9.59 Å². The molecule has 5 heteroatoms. The number of likely N-dealkylation sites (tertiary alicyclic amines) is 1. The molecule has 0 spiro atoms. The van der Waals surface area contributed by atoms with E-state index < -0.39 is 0 Å². The standard InChI is InChI=1S/C19H27N3O2/c1-3-21(17-6-4-5-14(2)11-17)10-9-20-19(24)15-12-18(23)22(13-15)16-7-8-16/h4-6,11,15-16H,3,7-10,12-13H2,1-2H3,(H,20,24). The summed E-state index contributed by atoms with van der Waals surface area (Å²) in [5.41, 5.74) is 2.42. The first-order chi connectivity index (χ1) is 11.6. The van der Waals surface area contributed by atoms with Gasteiger partial charge in [-0.2, -0.15) is 0 Å². The Kier molecular flexibility index (Phi) is 5.07. The largest absolute Gasteiger partial charge is 0.370 e. The van der Waals surface area contributed by atoms with Crippen LogP contribution in [0.1, 0.15) is 31.7 Å². The first-order valence-electron chi connectivity index (χ1n) is 8.97. The SMILES string of the molecule is CCN(CCNC(=O)C1CC(=O)N(C2CC2)C1)c1cccc(C)c1. The van der Waals surface area contributed by atoms with E-state index in [0.717, 1.165) is 25.9 Å². The molecule has 2 amide bonds. The van der Waals surface area contributed by atoms with Gasteiger partial charge < -0.3 is 15.1 Å². The van der Waals surface area contributed by atoms with Crippen LogP contribution in [-0.2, 0) is 9.59 Å². The molecule has 2 aliphatic rings. The molecule has 1 saturated carbocycles. The minimum absolute atomic E-state index is 0.0202. The van der Waals surface area contributed by atoms with E-state index in [1.54, 1.807) is 0 Å². The molecule has 5 nitrogen and oxygen atoms in total. The van der Waals surface area contributed by atoms with Crippen LogP contribution in [0.5, 0.6) is 0 Å². The molecule has 0 radical (unpaired) electrons. The maximum absolute atomic E-state index is 12.3. The summed E-state index contributed by atoms with van der Waals surface area (Å²) in [5, 5.41) is 3.01. The molecule has 1 atom stereocenters. The number of hydrogen-bond donors (Lipinski definition) is 1. The maximum Gasteiger partial charge on any atom is 0.225 e. The number of benzene rings is 1. The smallest absolute Gasteiger partial charge is 0.225 e. The highest BCUT2D eigenvalue weighted by molar-refractivity contribution is 5.89. The fraction of sp³-hybridized carbons (Fsp3) is 0.579. The molecule has 1 aromatic carbocycles. The third kappa shape index (κ3) is 3.89. The average molecular weight is 329 g/mol. The molecule has 1 heterocycles. The summed E-state index contributed by atoms with van der Waals surface area (Å²) < 4.78 is 0. The fourth-order valence-electron chi connectivity index (χ4n) is 3.40. The summed E-state index contributed by atoms with van der Waals surface area (Å²) >= 11 is 0. The summed E-state index contributed by atoms with van der Waals surface area (Å²) in [6.07, 6.45) is 2.57. The monoisotopic (exact) mass is 329 g/mol. The third-order valence-electron chi connectivity index (χ3n) is 4.95. The summed E-state index contributed by atoms with van der Waals surface area (Å²) in [5.74, 6) is -0.00784. The number of aryl methyl sites for hydroxylation is 1. The van der Waals surface area contributed by atoms with Crippen molar-refractivity contribution in [3.8, 4) is 0 Å². The van der Waals surface area contributed by atoms with Gasteiger partial charge in [-0.1, -0.05) is 12.1 Å². The molecule has 1 aromatic rings. The molecule has 1 aliphatic heterocycles. The van der Waals surface area contributed by atoms with Gasteiger partial charge in [0.2, 0.25) is 11.8 Å². The van der Waals surface area contributed by atoms with E-state index in [1.165, 1.54) is 11.3 Å². The van der Waals surface area contributed by atoms with Crippen LogP contribution >= 0.6 is 0 Å². The second kappa shape index (κ2) is 7.24. The molecule has 130 valence electrons. The number of hydrogen-bond acceptors (Lipinski definition) is 3. The Balaban J connectivity index is 1.46. The van der Waals surface area contributed by atoms with E-state index in [-0.39, 0.29) is 17.7 Å². The van der Waals surface area contributed by atoms with Crippen LogP contribution in [0, 0.1) is 12.8 Å². The second-order valence-corrected chi connectivity index (χ2v) is 6.89. The third-order valence-corrected chi connectivity index (χ3v) is 4.95. The lowest BCUT2D eigenvalue weighted by Crippen LogP contribution is -2.38. The minimum atomic E-state index is -0.174. The zero-order valence-corrected chi connectivity index (χ0v) is 14.6. The average Bonchev–Trinajstić information content (AvgIpc) is 3.33. The van der Waals surface area contributed by atoms with Crippen molar-refractivity contribution in [3.05, 3.63) is 29.8 Å². The lowest BCUT2D eigenvalue weighted by atomic mass is 10.1. The second-order valence-electron chi connectivity index (χ2n) is 6.89. The van der Waals surface area contributed by atoms with Crippen LogP contribution in [0.3, 0.4) is 0 Å². The summed E-state index contributed by atoms with van der Waals surface area (Å²) in [6.45, 7) is 7.09. The van der Waals surface area contributed by atoms with Crippen molar-refractivity contribution in [3.63, 3.8) is 0 Å². The molecule has 1 unspecified atom stereocenters. The Labute approximate surface area is 144 Å². The van der Waals surface area contributed by atoms with Crippen molar-refractivity contribution in [2.24, 2.45) is 5.92 Å². The van der Waals surface area contributed by atoms with E-state index in [2.05, 4.69) is 48.3 Å². The van der Waals surface area contributed by atoms with Gasteiger partial charge in [-0.15, -0.1) is 0 Å². The molecule has 1 aliphatic carbocycles. The topological polar surface area (TPSA) is 52.7 Å². The van der Waals surface area contributed by atoms with Gasteiger partial charge in [-0.05, 0) is 44.4 Å². The van der Waals surface area contributed by atoms with Crippen LogP contribution in [0.25, 0.3) is 0 Å². The molecule has 24 heavy (non-hydrogen) atoms. The van der Waals surface area contributed by atoms with E-state index in [0.29, 0.717) is 25.6 Å². The first kappa shape index (κ1) is 16.8. The van der Waals surface area contributed by atoms with Crippen LogP contribution in [0.2, 0.25) is 0 Å². The van der Waals surface area contributed by atoms with Crippen molar-refractivity contribution >= 4 is 17.5 Å². The highest BCUT2D eigenvalue weighted by Crippen LogP contribution is 2.32. The number of anilines is 1. The van der Waals surface area contributed by atoms with Crippen LogP contribution in [-0.4, -0.2) is 48.9 Å². The van der Waals surface area contributed by atoms with Gasteiger partial charge >= 0.3 is 0 Å². The predicted molar refractivity (Wildman–Crippen MR) is 94.9 cm³/mol. The summed E-state index contributed by atoms with van der Waals surface area (Å²) in [7, 11) is 0. The molecule has 2 fully saturated rings. The lowest BCUT2D eigenvalue weighted by molar-refractivity contribution is -0.129. The van der Waals surface area contributed by atoms with Gasteiger partial charge in [0.25, 0.3) is 0 Å². The van der Waals surface area contributed by atoms with Gasteiger partial charge in [-0.25, -0.2) is 0 Å². The van der Waals surface area contributed by atoms with E-state index >= 15 is 0 Å². The van der Waals surface area contributed by atoms with Crippen molar-refractivity contribution in [2.45, 2.75) is 39.2 Å². The van der Waals surface area contributed by atoms with Crippen LogP contribution < -0.4 is 10.2 Å². The molecule has 0 bridgehead atoms. The Hall–Kier alpha value is -2.04. The lowest BCUT2D eigenvalue weighted by Gasteiger charge is -2.24. The van der Waals surface area contributed by atoms with Gasteiger partial charge in [0.15, 0.2) is 0 Å². The zero-order chi connectivity index (χ0) is 17.1. The van der Waals surface area contributed by atoms with E-state index in [1.807, 2.05) is 4.90 Å². The van der Waals surface area contributed by atoms with Crippen LogP contribution in [0.4, 0.5) is 5.69 Å². The molecular formula is C19H27N3O2. The van der Waals surface area contributed by atoms with Crippen molar-refractivity contribution in [1.29, 1.82) is 0 Å². The number of amides is 2. The van der Waals surface area contributed by atoms with Gasteiger partial charge in [-0.3, -0.25) is 9.59 Å². The highest BCUT2D eigenvalue weighted by atomic mass is 16.2. The molecular weight excluding hydrogens is 302 g/mol.